The van der Waals surface area contributed by atoms with Crippen LogP contribution in [0.5, 0.6) is 0 Å². The molecule has 0 aliphatic carbocycles. The van der Waals surface area contributed by atoms with E-state index in [1.807, 2.05) is 4.90 Å². The van der Waals surface area contributed by atoms with E-state index in [4.69, 9.17) is 4.74 Å². The molecule has 1 N–H and O–H groups in total. The molecule has 0 unspecified atom stereocenters. The SMILES string of the molecule is CN=C(NC)c1cc(N2CCOCC2)ccc1C(F)(F)F. The second kappa shape index (κ2) is 6.34. The largest absolute Gasteiger partial charge is 0.417 e. The molecule has 1 aliphatic heterocycles. The maximum absolute atomic E-state index is 13.1. The summed E-state index contributed by atoms with van der Waals surface area (Å²) in [6.45, 7) is 2.50. The van der Waals surface area contributed by atoms with Crippen LogP contribution in [0.2, 0.25) is 0 Å². The number of halogens is 3. The molecule has 1 aromatic rings. The molecule has 1 aromatic carbocycles. The quantitative estimate of drug-likeness (QED) is 0.672. The van der Waals surface area contributed by atoms with Crippen molar-refractivity contribution in [1.82, 2.24) is 5.32 Å². The fourth-order valence-corrected chi connectivity index (χ4v) is 2.36. The van der Waals surface area contributed by atoms with Crippen LogP contribution in [0.25, 0.3) is 0 Å². The molecule has 0 atom stereocenters. The Bertz CT molecular complexity index is 523. The number of anilines is 1. The van der Waals surface area contributed by atoms with Crippen molar-refractivity contribution < 1.29 is 17.9 Å². The van der Waals surface area contributed by atoms with Crippen LogP contribution < -0.4 is 10.2 Å². The van der Waals surface area contributed by atoms with E-state index < -0.39 is 11.7 Å². The topological polar surface area (TPSA) is 36.9 Å². The lowest BCUT2D eigenvalue weighted by molar-refractivity contribution is -0.137. The Morgan fingerprint density at radius 2 is 1.95 bits per heavy atom. The third kappa shape index (κ3) is 3.47. The molecule has 1 aliphatic rings. The van der Waals surface area contributed by atoms with E-state index in [1.54, 1.807) is 7.05 Å². The van der Waals surface area contributed by atoms with E-state index in [2.05, 4.69) is 10.3 Å². The molecule has 0 spiro atoms. The smallest absolute Gasteiger partial charge is 0.378 e. The van der Waals surface area contributed by atoms with Gasteiger partial charge < -0.3 is 15.0 Å². The number of hydrogen-bond donors (Lipinski definition) is 1. The van der Waals surface area contributed by atoms with Crippen LogP contribution >= 0.6 is 0 Å². The molecule has 0 saturated carbocycles. The summed E-state index contributed by atoms with van der Waals surface area (Å²) in [5.41, 5.74) is 0.128. The van der Waals surface area contributed by atoms with Gasteiger partial charge in [0.1, 0.15) is 5.84 Å². The lowest BCUT2D eigenvalue weighted by Crippen LogP contribution is -2.36. The summed E-state index contributed by atoms with van der Waals surface area (Å²) >= 11 is 0. The van der Waals surface area contributed by atoms with Crippen molar-refractivity contribution in [1.29, 1.82) is 0 Å². The number of rotatable bonds is 2. The van der Waals surface area contributed by atoms with Crippen molar-refractivity contribution in [2.45, 2.75) is 6.18 Å². The average molecular weight is 301 g/mol. The van der Waals surface area contributed by atoms with Gasteiger partial charge in [0.2, 0.25) is 0 Å². The van der Waals surface area contributed by atoms with Gasteiger partial charge in [0.25, 0.3) is 0 Å². The zero-order valence-electron chi connectivity index (χ0n) is 12.0. The van der Waals surface area contributed by atoms with E-state index in [1.165, 1.54) is 19.2 Å². The molecule has 0 amide bonds. The van der Waals surface area contributed by atoms with Crippen LogP contribution in [0.1, 0.15) is 11.1 Å². The van der Waals surface area contributed by atoms with Crippen LogP contribution in [-0.2, 0) is 10.9 Å². The van der Waals surface area contributed by atoms with Gasteiger partial charge in [0.15, 0.2) is 0 Å². The molecule has 0 bridgehead atoms. The standard InChI is InChI=1S/C14H18F3N3O/c1-18-13(19-2)11-9-10(20-5-7-21-8-6-20)3-4-12(11)14(15,16)17/h3-4,9H,5-8H2,1-2H3,(H,18,19). The number of nitrogens with zero attached hydrogens (tertiary/aromatic N) is 2. The Kier molecular flexibility index (Phi) is 4.72. The van der Waals surface area contributed by atoms with Crippen molar-refractivity contribution in [3.05, 3.63) is 29.3 Å². The Balaban J connectivity index is 2.45. The monoisotopic (exact) mass is 301 g/mol. The van der Waals surface area contributed by atoms with Gasteiger partial charge in [0.05, 0.1) is 18.8 Å². The predicted molar refractivity (Wildman–Crippen MR) is 76.0 cm³/mol. The van der Waals surface area contributed by atoms with Crippen LogP contribution in [0.4, 0.5) is 18.9 Å². The fraction of sp³-hybridized carbons (Fsp3) is 0.500. The van der Waals surface area contributed by atoms with Crippen molar-refractivity contribution in [2.75, 3.05) is 45.3 Å². The first-order valence-electron chi connectivity index (χ1n) is 6.66. The highest BCUT2D eigenvalue weighted by molar-refractivity contribution is 6.00. The predicted octanol–water partition coefficient (Wildman–Crippen LogP) is 2.14. The zero-order valence-corrected chi connectivity index (χ0v) is 12.0. The van der Waals surface area contributed by atoms with E-state index in [0.717, 1.165) is 11.8 Å². The molecule has 2 rings (SSSR count). The lowest BCUT2D eigenvalue weighted by Gasteiger charge is -2.29. The van der Waals surface area contributed by atoms with Crippen molar-refractivity contribution in [3.63, 3.8) is 0 Å². The number of nitrogens with one attached hydrogen (secondary N) is 1. The Hall–Kier alpha value is -1.76. The molecule has 4 nitrogen and oxygen atoms in total. The first kappa shape index (κ1) is 15.6. The van der Waals surface area contributed by atoms with Crippen molar-refractivity contribution in [3.8, 4) is 0 Å². The van der Waals surface area contributed by atoms with Gasteiger partial charge in [-0.3, -0.25) is 4.99 Å². The summed E-state index contributed by atoms with van der Waals surface area (Å²) in [7, 11) is 3.03. The van der Waals surface area contributed by atoms with E-state index in [-0.39, 0.29) is 11.4 Å². The van der Waals surface area contributed by atoms with Gasteiger partial charge in [-0.1, -0.05) is 0 Å². The number of morpholine rings is 1. The number of ether oxygens (including phenoxy) is 1. The normalized spacial score (nSPS) is 17.0. The zero-order chi connectivity index (χ0) is 15.5. The number of amidine groups is 1. The van der Waals surface area contributed by atoms with Crippen LogP contribution in [0.3, 0.4) is 0 Å². The molecule has 1 saturated heterocycles. The van der Waals surface area contributed by atoms with Gasteiger partial charge in [-0.05, 0) is 18.2 Å². The minimum Gasteiger partial charge on any atom is -0.378 e. The number of aliphatic imine (C=N–C) groups is 1. The van der Waals surface area contributed by atoms with Gasteiger partial charge in [-0.2, -0.15) is 13.2 Å². The van der Waals surface area contributed by atoms with E-state index >= 15 is 0 Å². The fourth-order valence-electron chi connectivity index (χ4n) is 2.36. The van der Waals surface area contributed by atoms with E-state index in [9.17, 15) is 13.2 Å². The van der Waals surface area contributed by atoms with Gasteiger partial charge in [-0.15, -0.1) is 0 Å². The van der Waals surface area contributed by atoms with E-state index in [0.29, 0.717) is 26.3 Å². The summed E-state index contributed by atoms with van der Waals surface area (Å²) in [6, 6.07) is 4.15. The van der Waals surface area contributed by atoms with Crippen molar-refractivity contribution >= 4 is 11.5 Å². The lowest BCUT2D eigenvalue weighted by atomic mass is 10.0. The summed E-state index contributed by atoms with van der Waals surface area (Å²) < 4.78 is 44.7. The maximum Gasteiger partial charge on any atom is 0.417 e. The minimum atomic E-state index is -4.41. The molecule has 1 heterocycles. The Morgan fingerprint density at radius 1 is 1.29 bits per heavy atom. The molecule has 0 aromatic heterocycles. The number of hydrogen-bond acceptors (Lipinski definition) is 3. The summed E-state index contributed by atoms with van der Waals surface area (Å²) in [4.78, 5) is 5.91. The molecule has 7 heteroatoms. The molecule has 116 valence electrons. The molecule has 1 fully saturated rings. The van der Waals surface area contributed by atoms with Crippen LogP contribution in [0, 0.1) is 0 Å². The Morgan fingerprint density at radius 3 is 2.48 bits per heavy atom. The third-order valence-electron chi connectivity index (χ3n) is 3.40. The summed E-state index contributed by atoms with van der Waals surface area (Å²) in [5, 5.41) is 2.72. The highest BCUT2D eigenvalue weighted by atomic mass is 19.4. The second-order valence-electron chi connectivity index (χ2n) is 4.65. The second-order valence-corrected chi connectivity index (χ2v) is 4.65. The molecule has 0 radical (unpaired) electrons. The number of benzene rings is 1. The van der Waals surface area contributed by atoms with Crippen molar-refractivity contribution in [2.24, 2.45) is 4.99 Å². The van der Waals surface area contributed by atoms with Crippen LogP contribution in [-0.4, -0.2) is 46.2 Å². The first-order chi connectivity index (χ1) is 9.97. The highest BCUT2D eigenvalue weighted by Crippen LogP contribution is 2.34. The molecular formula is C14H18F3N3O. The first-order valence-corrected chi connectivity index (χ1v) is 6.66. The highest BCUT2D eigenvalue weighted by Gasteiger charge is 2.34. The van der Waals surface area contributed by atoms with Crippen LogP contribution in [0.15, 0.2) is 23.2 Å². The average Bonchev–Trinajstić information content (AvgIpc) is 2.48. The molecular weight excluding hydrogens is 283 g/mol. The number of alkyl halides is 3. The van der Waals surface area contributed by atoms with Gasteiger partial charge in [0, 0.05) is 38.4 Å². The summed E-state index contributed by atoms with van der Waals surface area (Å²) in [5.74, 6) is 0.220. The van der Waals surface area contributed by atoms with Gasteiger partial charge >= 0.3 is 6.18 Å². The minimum absolute atomic E-state index is 0.0662. The maximum atomic E-state index is 13.1. The Labute approximate surface area is 121 Å². The molecule has 21 heavy (non-hydrogen) atoms. The third-order valence-corrected chi connectivity index (χ3v) is 3.40. The van der Waals surface area contributed by atoms with Gasteiger partial charge in [-0.25, -0.2) is 0 Å². The summed E-state index contributed by atoms with van der Waals surface area (Å²) in [6.07, 6.45) is -4.41.